The highest BCUT2D eigenvalue weighted by atomic mass is 16.5. The predicted octanol–water partition coefficient (Wildman–Crippen LogP) is 1.52. The van der Waals surface area contributed by atoms with Crippen LogP contribution in [0.5, 0.6) is 0 Å². The van der Waals surface area contributed by atoms with E-state index < -0.39 is 0 Å². The van der Waals surface area contributed by atoms with E-state index >= 15 is 0 Å². The lowest BCUT2D eigenvalue weighted by Gasteiger charge is -2.26. The Morgan fingerprint density at radius 3 is 2.96 bits per heavy atom. The van der Waals surface area contributed by atoms with Crippen LogP contribution in [0.15, 0.2) is 30.7 Å². The summed E-state index contributed by atoms with van der Waals surface area (Å²) in [5.74, 6) is 1.74. The summed E-state index contributed by atoms with van der Waals surface area (Å²) in [5, 5.41) is 12.6. The van der Waals surface area contributed by atoms with Crippen LogP contribution < -0.4 is 15.1 Å². The van der Waals surface area contributed by atoms with Gasteiger partial charge in [-0.05, 0) is 18.6 Å². The maximum Gasteiger partial charge on any atom is 0.163 e. The number of nitrogens with zero attached hydrogens (tertiary/aromatic N) is 6. The Labute approximate surface area is 153 Å². The lowest BCUT2D eigenvalue weighted by molar-refractivity contribution is 0.118. The zero-order chi connectivity index (χ0) is 18.5. The molecule has 3 rings (SSSR count). The second kappa shape index (κ2) is 7.97. The first kappa shape index (κ1) is 17.9. The van der Waals surface area contributed by atoms with Gasteiger partial charge in [0.25, 0.3) is 0 Å². The molecule has 1 saturated heterocycles. The number of hydrogen-bond donors (Lipinski definition) is 1. The summed E-state index contributed by atoms with van der Waals surface area (Å²) in [6.45, 7) is 1.44. The topological polar surface area (TPSA) is 90.2 Å². The van der Waals surface area contributed by atoms with Gasteiger partial charge in [-0.25, -0.2) is 15.0 Å². The van der Waals surface area contributed by atoms with Crippen molar-refractivity contribution in [2.24, 2.45) is 0 Å². The molecule has 1 aliphatic heterocycles. The Morgan fingerprint density at radius 1 is 1.38 bits per heavy atom. The summed E-state index contributed by atoms with van der Waals surface area (Å²) in [5.41, 5.74) is 1.14. The molecule has 8 heteroatoms. The quantitative estimate of drug-likeness (QED) is 0.836. The molecule has 0 amide bonds. The van der Waals surface area contributed by atoms with Gasteiger partial charge in [0.2, 0.25) is 0 Å². The highest BCUT2D eigenvalue weighted by Gasteiger charge is 2.33. The number of nitrogens with one attached hydrogen (secondary N) is 1. The molecule has 2 atom stereocenters. The van der Waals surface area contributed by atoms with Gasteiger partial charge in [-0.3, -0.25) is 0 Å². The molecule has 0 aliphatic carbocycles. The fourth-order valence-electron chi connectivity index (χ4n) is 3.12. The third-order valence-corrected chi connectivity index (χ3v) is 4.54. The minimum Gasteiger partial charge on any atom is -0.381 e. The van der Waals surface area contributed by atoms with Crippen molar-refractivity contribution in [3.63, 3.8) is 0 Å². The number of methoxy groups -OCH3 is 1. The molecule has 8 nitrogen and oxygen atoms in total. The van der Waals surface area contributed by atoms with E-state index in [1.807, 2.05) is 37.2 Å². The molecule has 1 aliphatic rings. The van der Waals surface area contributed by atoms with Gasteiger partial charge in [0, 0.05) is 46.6 Å². The van der Waals surface area contributed by atoms with Crippen LogP contribution in [0.4, 0.5) is 17.3 Å². The molecule has 26 heavy (non-hydrogen) atoms. The van der Waals surface area contributed by atoms with Crippen LogP contribution in [-0.2, 0) is 4.74 Å². The first-order chi connectivity index (χ1) is 12.6. The summed E-state index contributed by atoms with van der Waals surface area (Å²) in [6, 6.07) is 7.98. The van der Waals surface area contributed by atoms with E-state index in [9.17, 15) is 5.26 Å². The van der Waals surface area contributed by atoms with Gasteiger partial charge >= 0.3 is 0 Å². The summed E-state index contributed by atoms with van der Waals surface area (Å²) in [6.07, 6.45) is 4.23. The SMILES string of the molecule is CO[C@@H]1C[C@H](CNc2cccnc2C#N)N(c2cc(N(C)C)ncn2)C1. The van der Waals surface area contributed by atoms with E-state index in [4.69, 9.17) is 4.74 Å². The molecular weight excluding hydrogens is 330 g/mol. The lowest BCUT2D eigenvalue weighted by atomic mass is 10.2. The van der Waals surface area contributed by atoms with E-state index in [1.165, 1.54) is 0 Å². The molecule has 136 valence electrons. The zero-order valence-electron chi connectivity index (χ0n) is 15.3. The van der Waals surface area contributed by atoms with Crippen LogP contribution in [0, 0.1) is 11.3 Å². The monoisotopic (exact) mass is 353 g/mol. The van der Waals surface area contributed by atoms with E-state index in [-0.39, 0.29) is 12.1 Å². The van der Waals surface area contributed by atoms with Crippen molar-refractivity contribution < 1.29 is 4.74 Å². The Kier molecular flexibility index (Phi) is 5.49. The van der Waals surface area contributed by atoms with Crippen LogP contribution in [0.2, 0.25) is 0 Å². The number of nitriles is 1. The third-order valence-electron chi connectivity index (χ3n) is 4.54. The average Bonchev–Trinajstić information content (AvgIpc) is 3.10. The number of ether oxygens (including phenoxy) is 1. The third kappa shape index (κ3) is 3.83. The second-order valence-corrected chi connectivity index (χ2v) is 6.42. The summed E-state index contributed by atoms with van der Waals surface area (Å²) >= 11 is 0. The number of aromatic nitrogens is 3. The van der Waals surface area contributed by atoms with Gasteiger partial charge in [-0.2, -0.15) is 5.26 Å². The number of anilines is 3. The van der Waals surface area contributed by atoms with Crippen molar-refractivity contribution >= 4 is 17.3 Å². The molecule has 0 radical (unpaired) electrons. The second-order valence-electron chi connectivity index (χ2n) is 6.42. The minimum atomic E-state index is 0.143. The molecule has 3 heterocycles. The van der Waals surface area contributed by atoms with Crippen LogP contribution in [0.25, 0.3) is 0 Å². The molecule has 0 saturated carbocycles. The normalized spacial score (nSPS) is 19.2. The van der Waals surface area contributed by atoms with Gasteiger partial charge < -0.3 is 19.9 Å². The number of pyridine rings is 1. The molecule has 1 N–H and O–H groups in total. The molecular formula is C18H23N7O. The van der Waals surface area contributed by atoms with Gasteiger partial charge in [-0.15, -0.1) is 0 Å². The van der Waals surface area contributed by atoms with Gasteiger partial charge in [0.15, 0.2) is 5.69 Å². The molecule has 0 unspecified atom stereocenters. The van der Waals surface area contributed by atoms with Crippen molar-refractivity contribution in [2.45, 2.75) is 18.6 Å². The summed E-state index contributed by atoms with van der Waals surface area (Å²) in [7, 11) is 5.65. The number of hydrogen-bond acceptors (Lipinski definition) is 8. The maximum absolute atomic E-state index is 9.20. The maximum atomic E-state index is 9.20. The Bertz CT molecular complexity index is 789. The van der Waals surface area contributed by atoms with Crippen LogP contribution in [0.1, 0.15) is 12.1 Å². The average molecular weight is 353 g/mol. The largest absolute Gasteiger partial charge is 0.381 e. The fraction of sp³-hybridized carbons (Fsp3) is 0.444. The van der Waals surface area contributed by atoms with E-state index in [1.54, 1.807) is 19.6 Å². The summed E-state index contributed by atoms with van der Waals surface area (Å²) < 4.78 is 5.58. The van der Waals surface area contributed by atoms with Gasteiger partial charge in [-0.1, -0.05) is 0 Å². The molecule has 0 aromatic carbocycles. The van der Waals surface area contributed by atoms with Crippen LogP contribution in [-0.4, -0.2) is 61.4 Å². The van der Waals surface area contributed by atoms with E-state index in [2.05, 4.69) is 31.2 Å². The molecule has 2 aromatic rings. The first-order valence-electron chi connectivity index (χ1n) is 8.50. The van der Waals surface area contributed by atoms with E-state index in [0.29, 0.717) is 12.2 Å². The van der Waals surface area contributed by atoms with Crippen molar-refractivity contribution in [2.75, 3.05) is 49.4 Å². The molecule has 1 fully saturated rings. The first-order valence-corrected chi connectivity index (χ1v) is 8.50. The van der Waals surface area contributed by atoms with E-state index in [0.717, 1.165) is 30.3 Å². The fourth-order valence-corrected chi connectivity index (χ4v) is 3.12. The number of rotatable bonds is 6. The highest BCUT2D eigenvalue weighted by molar-refractivity contribution is 5.55. The Balaban J connectivity index is 1.78. The predicted molar refractivity (Wildman–Crippen MR) is 100 cm³/mol. The standard InChI is InChI=1S/C18H23N7O/c1-24(2)17-8-18(23-12-22-17)25-11-14(26-3)7-13(25)10-21-15-5-4-6-20-16(15)9-19/h4-6,8,12-14,21H,7,10-11H2,1-3H3/t13-,14-/m1/s1. The highest BCUT2D eigenvalue weighted by Crippen LogP contribution is 2.27. The minimum absolute atomic E-state index is 0.143. The van der Waals surface area contributed by atoms with Crippen LogP contribution >= 0.6 is 0 Å². The van der Waals surface area contributed by atoms with Gasteiger partial charge in [0.05, 0.1) is 17.8 Å². The molecule has 2 aromatic heterocycles. The van der Waals surface area contributed by atoms with Crippen molar-refractivity contribution in [3.05, 3.63) is 36.4 Å². The molecule has 0 spiro atoms. The molecule has 0 bridgehead atoms. The van der Waals surface area contributed by atoms with Crippen molar-refractivity contribution in [1.29, 1.82) is 5.26 Å². The Hall–Kier alpha value is -2.92. The van der Waals surface area contributed by atoms with Crippen molar-refractivity contribution in [1.82, 2.24) is 15.0 Å². The zero-order valence-corrected chi connectivity index (χ0v) is 15.3. The van der Waals surface area contributed by atoms with Crippen LogP contribution in [0.3, 0.4) is 0 Å². The van der Waals surface area contributed by atoms with Gasteiger partial charge in [0.1, 0.15) is 24.0 Å². The smallest absolute Gasteiger partial charge is 0.163 e. The lowest BCUT2D eigenvalue weighted by Crippen LogP contribution is -2.36. The summed E-state index contributed by atoms with van der Waals surface area (Å²) in [4.78, 5) is 17.0. The Morgan fingerprint density at radius 2 is 2.23 bits per heavy atom. The van der Waals surface area contributed by atoms with Crippen molar-refractivity contribution in [3.8, 4) is 6.07 Å².